The number of piperidine rings is 1. The minimum Gasteiger partial charge on any atom is -0.435 e. The van der Waals surface area contributed by atoms with E-state index in [0.29, 0.717) is 27.7 Å². The highest BCUT2D eigenvalue weighted by Crippen LogP contribution is 2.24. The monoisotopic (exact) mass is 459 g/mol. The van der Waals surface area contributed by atoms with Gasteiger partial charge in [-0.2, -0.15) is 8.78 Å². The van der Waals surface area contributed by atoms with Gasteiger partial charge >= 0.3 is 6.61 Å². The van der Waals surface area contributed by atoms with Gasteiger partial charge in [0.15, 0.2) is 5.16 Å². The van der Waals surface area contributed by atoms with Gasteiger partial charge in [-0.1, -0.05) is 30.8 Å². The number of amides is 1. The Morgan fingerprint density at radius 3 is 2.69 bits per heavy atom. The number of halogens is 2. The van der Waals surface area contributed by atoms with Gasteiger partial charge in [0.05, 0.1) is 22.3 Å². The van der Waals surface area contributed by atoms with E-state index < -0.39 is 6.61 Å². The van der Waals surface area contributed by atoms with E-state index in [2.05, 4.69) is 16.6 Å². The summed E-state index contributed by atoms with van der Waals surface area (Å²) in [6.45, 7) is 0.688. The Balaban J connectivity index is 1.66. The van der Waals surface area contributed by atoms with Gasteiger partial charge in [0, 0.05) is 13.1 Å². The Hall–Kier alpha value is -2.94. The van der Waals surface area contributed by atoms with Crippen LogP contribution in [0.4, 0.5) is 8.78 Å². The van der Waals surface area contributed by atoms with Gasteiger partial charge in [-0.25, -0.2) is 4.98 Å². The normalized spacial score (nSPS) is 16.5. The van der Waals surface area contributed by atoms with Crippen LogP contribution in [0.1, 0.15) is 19.8 Å². The van der Waals surface area contributed by atoms with Crippen molar-refractivity contribution < 1.29 is 18.3 Å². The summed E-state index contributed by atoms with van der Waals surface area (Å²) >= 11 is 1.20. The molecule has 0 N–H and O–H groups in total. The van der Waals surface area contributed by atoms with E-state index in [1.807, 2.05) is 4.90 Å². The molecule has 0 saturated carbocycles. The van der Waals surface area contributed by atoms with Crippen LogP contribution in [0, 0.1) is 5.92 Å². The molecular weight excluding hydrogens is 436 g/mol. The van der Waals surface area contributed by atoms with Gasteiger partial charge in [0.25, 0.3) is 5.56 Å². The molecule has 6 nitrogen and oxygen atoms in total. The lowest BCUT2D eigenvalue weighted by Crippen LogP contribution is -2.40. The van der Waals surface area contributed by atoms with Crippen LogP contribution in [0.15, 0.2) is 58.5 Å². The summed E-state index contributed by atoms with van der Waals surface area (Å²) in [6.07, 6.45) is 2.11. The van der Waals surface area contributed by atoms with E-state index in [9.17, 15) is 18.4 Å². The number of hydrogen-bond acceptors (Lipinski definition) is 5. The van der Waals surface area contributed by atoms with Crippen molar-refractivity contribution >= 4 is 28.6 Å². The smallest absolute Gasteiger partial charge is 0.387 e. The highest BCUT2D eigenvalue weighted by atomic mass is 32.2. The van der Waals surface area contributed by atoms with Crippen molar-refractivity contribution in [3.63, 3.8) is 0 Å². The first-order valence-electron chi connectivity index (χ1n) is 10.4. The SMILES string of the molecule is CC1CCCN(C(=O)CSc2nc3ccccc3c(=O)n2-c2ccc(OC(F)F)cc2)C1. The molecule has 1 unspecified atom stereocenters. The second kappa shape index (κ2) is 9.68. The number of rotatable bonds is 6. The maximum absolute atomic E-state index is 13.3. The molecule has 3 aromatic rings. The Bertz CT molecular complexity index is 1170. The van der Waals surface area contributed by atoms with Crippen LogP contribution < -0.4 is 10.3 Å². The predicted molar refractivity (Wildman–Crippen MR) is 120 cm³/mol. The lowest BCUT2D eigenvalue weighted by molar-refractivity contribution is -0.130. The van der Waals surface area contributed by atoms with Crippen LogP contribution in [-0.2, 0) is 4.79 Å². The Labute approximate surface area is 188 Å². The summed E-state index contributed by atoms with van der Waals surface area (Å²) in [5.41, 5.74) is 0.698. The highest BCUT2D eigenvalue weighted by Gasteiger charge is 2.22. The summed E-state index contributed by atoms with van der Waals surface area (Å²) in [5, 5.41) is 0.801. The summed E-state index contributed by atoms with van der Waals surface area (Å²) in [7, 11) is 0. The van der Waals surface area contributed by atoms with E-state index in [1.165, 1.54) is 40.6 Å². The number of likely N-dealkylation sites (tertiary alicyclic amines) is 1. The van der Waals surface area contributed by atoms with E-state index in [-0.39, 0.29) is 23.0 Å². The molecule has 168 valence electrons. The van der Waals surface area contributed by atoms with Gasteiger partial charge in [-0.05, 0) is 55.2 Å². The fraction of sp³-hybridized carbons (Fsp3) is 0.348. The minimum absolute atomic E-state index is 0.00542. The zero-order valence-corrected chi connectivity index (χ0v) is 18.4. The topological polar surface area (TPSA) is 64.4 Å². The number of para-hydroxylation sites is 1. The van der Waals surface area contributed by atoms with Crippen molar-refractivity contribution in [3.8, 4) is 11.4 Å². The van der Waals surface area contributed by atoms with Gasteiger partial charge in [-0.15, -0.1) is 0 Å². The number of carbonyl (C=O) groups is 1. The van der Waals surface area contributed by atoms with Gasteiger partial charge in [-0.3, -0.25) is 14.2 Å². The van der Waals surface area contributed by atoms with Crippen LogP contribution in [0.5, 0.6) is 5.75 Å². The van der Waals surface area contributed by atoms with Crippen LogP contribution in [0.2, 0.25) is 0 Å². The molecule has 1 aliphatic rings. The summed E-state index contributed by atoms with van der Waals surface area (Å²) in [6, 6.07) is 12.8. The highest BCUT2D eigenvalue weighted by molar-refractivity contribution is 7.99. The van der Waals surface area contributed by atoms with Crippen LogP contribution in [0.25, 0.3) is 16.6 Å². The molecule has 0 aliphatic carbocycles. The molecule has 1 aromatic heterocycles. The van der Waals surface area contributed by atoms with Crippen molar-refractivity contribution in [2.45, 2.75) is 31.5 Å². The van der Waals surface area contributed by atoms with Gasteiger partial charge in [0.1, 0.15) is 5.75 Å². The fourth-order valence-corrected chi connectivity index (χ4v) is 4.76. The number of carbonyl (C=O) groups excluding carboxylic acids is 1. The number of nitrogens with zero attached hydrogens (tertiary/aromatic N) is 3. The standard InChI is InChI=1S/C23H23F2N3O3S/c1-15-5-4-12-27(13-15)20(29)14-32-23-26-19-7-3-2-6-18(19)21(30)28(23)16-8-10-17(11-9-16)31-22(24)25/h2-3,6-11,15,22H,4-5,12-14H2,1H3. The second-order valence-corrected chi connectivity index (χ2v) is 8.74. The molecule has 2 aromatic carbocycles. The first-order chi connectivity index (χ1) is 15.4. The Morgan fingerprint density at radius 2 is 1.97 bits per heavy atom. The quantitative estimate of drug-likeness (QED) is 0.405. The van der Waals surface area contributed by atoms with Crippen LogP contribution in [0.3, 0.4) is 0 Å². The summed E-state index contributed by atoms with van der Waals surface area (Å²) in [5.74, 6) is 0.637. The molecule has 0 spiro atoms. The number of ether oxygens (including phenoxy) is 1. The second-order valence-electron chi connectivity index (χ2n) is 7.80. The molecule has 1 aliphatic heterocycles. The number of benzene rings is 2. The Kier molecular flexibility index (Phi) is 6.74. The molecule has 2 heterocycles. The number of aromatic nitrogens is 2. The number of thioether (sulfide) groups is 1. The predicted octanol–water partition coefficient (Wildman–Crippen LogP) is 4.34. The van der Waals surface area contributed by atoms with Gasteiger partial charge in [0.2, 0.25) is 5.91 Å². The largest absolute Gasteiger partial charge is 0.435 e. The minimum atomic E-state index is -2.93. The molecule has 32 heavy (non-hydrogen) atoms. The van der Waals surface area contributed by atoms with Crippen molar-refractivity contribution in [3.05, 3.63) is 58.9 Å². The maximum atomic E-state index is 13.3. The van der Waals surface area contributed by atoms with Crippen LogP contribution >= 0.6 is 11.8 Å². The number of fused-ring (bicyclic) bond motifs is 1. The Morgan fingerprint density at radius 1 is 1.22 bits per heavy atom. The van der Waals surface area contributed by atoms with Crippen molar-refractivity contribution in [2.75, 3.05) is 18.8 Å². The first kappa shape index (κ1) is 22.3. The lowest BCUT2D eigenvalue weighted by Gasteiger charge is -2.30. The van der Waals surface area contributed by atoms with E-state index in [4.69, 9.17) is 0 Å². The lowest BCUT2D eigenvalue weighted by atomic mass is 10.0. The zero-order valence-electron chi connectivity index (χ0n) is 17.5. The van der Waals surface area contributed by atoms with Crippen molar-refractivity contribution in [1.82, 2.24) is 14.5 Å². The third-order valence-electron chi connectivity index (χ3n) is 5.40. The zero-order chi connectivity index (χ0) is 22.7. The molecule has 9 heteroatoms. The van der Waals surface area contributed by atoms with E-state index >= 15 is 0 Å². The molecule has 1 amide bonds. The first-order valence-corrected chi connectivity index (χ1v) is 11.4. The van der Waals surface area contributed by atoms with E-state index in [1.54, 1.807) is 24.3 Å². The molecule has 4 rings (SSSR count). The number of hydrogen-bond donors (Lipinski definition) is 0. The summed E-state index contributed by atoms with van der Waals surface area (Å²) < 4.78 is 30.8. The maximum Gasteiger partial charge on any atom is 0.387 e. The van der Waals surface area contributed by atoms with Crippen molar-refractivity contribution in [2.24, 2.45) is 5.92 Å². The van der Waals surface area contributed by atoms with E-state index in [0.717, 1.165) is 25.9 Å². The average Bonchev–Trinajstić information content (AvgIpc) is 2.78. The third kappa shape index (κ3) is 4.93. The van der Waals surface area contributed by atoms with Crippen LogP contribution in [-0.4, -0.2) is 45.8 Å². The van der Waals surface area contributed by atoms with Gasteiger partial charge < -0.3 is 9.64 Å². The molecule has 1 saturated heterocycles. The number of alkyl halides is 2. The molecule has 1 atom stereocenters. The molecular formula is C23H23F2N3O3S. The third-order valence-corrected chi connectivity index (χ3v) is 6.32. The molecule has 1 fully saturated rings. The fourth-order valence-electron chi connectivity index (χ4n) is 3.85. The average molecular weight is 460 g/mol. The molecule has 0 radical (unpaired) electrons. The molecule has 0 bridgehead atoms. The van der Waals surface area contributed by atoms with Crippen molar-refractivity contribution in [1.29, 1.82) is 0 Å². The summed E-state index contributed by atoms with van der Waals surface area (Å²) in [4.78, 5) is 32.5.